The Kier molecular flexibility index (Phi) is 4.22. The molecule has 9 heteroatoms. The molecule has 0 atom stereocenters. The van der Waals surface area contributed by atoms with E-state index in [0.29, 0.717) is 31.6 Å². The molecule has 1 amide bonds. The van der Waals surface area contributed by atoms with Crippen molar-refractivity contribution >= 4 is 15.9 Å². The number of sulfonamides is 1. The third-order valence-electron chi connectivity index (χ3n) is 3.80. The predicted molar refractivity (Wildman–Crippen MR) is 81.2 cm³/mol. The average molecular weight is 338 g/mol. The minimum absolute atomic E-state index is 0.0367. The van der Waals surface area contributed by atoms with E-state index in [9.17, 15) is 13.2 Å². The first-order valence-corrected chi connectivity index (χ1v) is 8.72. The first-order valence-electron chi connectivity index (χ1n) is 7.28. The number of carbonyl (C=O) groups is 1. The predicted octanol–water partition coefficient (Wildman–Crippen LogP) is 0.550. The third kappa shape index (κ3) is 3.15. The Bertz CT molecular complexity index is 782. The second-order valence-corrected chi connectivity index (χ2v) is 7.32. The van der Waals surface area contributed by atoms with Crippen molar-refractivity contribution in [3.8, 4) is 0 Å². The van der Waals surface area contributed by atoms with Crippen molar-refractivity contribution < 1.29 is 17.6 Å². The van der Waals surface area contributed by atoms with Gasteiger partial charge in [0.15, 0.2) is 5.03 Å². The van der Waals surface area contributed by atoms with Gasteiger partial charge in [-0.3, -0.25) is 4.79 Å². The highest BCUT2D eigenvalue weighted by molar-refractivity contribution is 7.89. The molecule has 0 aliphatic carbocycles. The van der Waals surface area contributed by atoms with Crippen molar-refractivity contribution in [1.82, 2.24) is 18.8 Å². The molecule has 1 fully saturated rings. The van der Waals surface area contributed by atoms with Gasteiger partial charge in [0.1, 0.15) is 6.26 Å². The number of rotatable bonds is 3. The van der Waals surface area contributed by atoms with E-state index < -0.39 is 10.0 Å². The van der Waals surface area contributed by atoms with Crippen molar-refractivity contribution in [2.75, 3.05) is 26.2 Å². The average Bonchev–Trinajstić information content (AvgIpc) is 3.13. The van der Waals surface area contributed by atoms with Crippen LogP contribution in [0, 0.1) is 0 Å². The highest BCUT2D eigenvalue weighted by Gasteiger charge is 2.30. The van der Waals surface area contributed by atoms with Crippen molar-refractivity contribution in [2.45, 2.75) is 11.4 Å². The Balaban J connectivity index is 1.72. The fraction of sp³-hybridized carbons (Fsp3) is 0.429. The van der Waals surface area contributed by atoms with Gasteiger partial charge in [-0.2, -0.15) is 4.31 Å². The van der Waals surface area contributed by atoms with Gasteiger partial charge in [0.25, 0.3) is 15.9 Å². The van der Waals surface area contributed by atoms with Crippen LogP contribution in [-0.2, 0) is 17.1 Å². The van der Waals surface area contributed by atoms with E-state index in [4.69, 9.17) is 4.42 Å². The molecule has 3 rings (SSSR count). The minimum Gasteiger partial charge on any atom is -0.472 e. The van der Waals surface area contributed by atoms with E-state index in [1.807, 2.05) is 0 Å². The fourth-order valence-electron chi connectivity index (χ4n) is 2.56. The molecule has 2 aromatic rings. The molecule has 0 bridgehead atoms. The maximum Gasteiger partial charge on any atom is 0.262 e. The summed E-state index contributed by atoms with van der Waals surface area (Å²) in [7, 11) is -1.90. The number of nitrogens with zero attached hydrogens (tertiary/aromatic N) is 4. The number of imidazole rings is 1. The zero-order chi connectivity index (χ0) is 16.4. The lowest BCUT2D eigenvalue weighted by Crippen LogP contribution is -2.37. The second-order valence-electron chi connectivity index (χ2n) is 5.44. The largest absolute Gasteiger partial charge is 0.472 e. The van der Waals surface area contributed by atoms with E-state index in [0.717, 1.165) is 0 Å². The lowest BCUT2D eigenvalue weighted by molar-refractivity contribution is 0.0763. The van der Waals surface area contributed by atoms with Gasteiger partial charge in [0, 0.05) is 39.4 Å². The van der Waals surface area contributed by atoms with E-state index in [1.165, 1.54) is 29.4 Å². The number of hydrogen-bond donors (Lipinski definition) is 0. The molecule has 0 radical (unpaired) electrons. The Morgan fingerprint density at radius 3 is 2.74 bits per heavy atom. The Labute approximate surface area is 134 Å². The van der Waals surface area contributed by atoms with Crippen LogP contribution in [0.15, 0.2) is 40.6 Å². The maximum absolute atomic E-state index is 12.6. The summed E-state index contributed by atoms with van der Waals surface area (Å²) < 4.78 is 33.1. The maximum atomic E-state index is 12.6. The second kappa shape index (κ2) is 6.17. The first kappa shape index (κ1) is 15.8. The normalized spacial score (nSPS) is 17.2. The SMILES string of the molecule is Cn1cnc(S(=O)(=O)N2CCCN(C(=O)c3ccoc3)CC2)c1. The highest BCUT2D eigenvalue weighted by atomic mass is 32.2. The van der Waals surface area contributed by atoms with Crippen molar-refractivity contribution in [3.63, 3.8) is 0 Å². The van der Waals surface area contributed by atoms with Gasteiger partial charge in [-0.1, -0.05) is 0 Å². The molecular formula is C14H18N4O4S. The number of hydrogen-bond acceptors (Lipinski definition) is 5. The standard InChI is InChI=1S/C14H18N4O4S/c1-16-9-13(15-11-16)23(20,21)18-5-2-4-17(6-7-18)14(19)12-3-8-22-10-12/h3,8-11H,2,4-7H2,1H3. The van der Waals surface area contributed by atoms with Gasteiger partial charge in [0.05, 0.1) is 18.2 Å². The monoisotopic (exact) mass is 338 g/mol. The summed E-state index contributed by atoms with van der Waals surface area (Å²) in [4.78, 5) is 17.9. The summed E-state index contributed by atoms with van der Waals surface area (Å²) in [5.41, 5.74) is 0.478. The molecule has 0 aromatic carbocycles. The van der Waals surface area contributed by atoms with Crippen LogP contribution in [0.4, 0.5) is 0 Å². The van der Waals surface area contributed by atoms with Crippen LogP contribution in [0.1, 0.15) is 16.8 Å². The molecule has 0 saturated carbocycles. The Morgan fingerprint density at radius 1 is 1.26 bits per heavy atom. The molecular weight excluding hydrogens is 320 g/mol. The van der Waals surface area contributed by atoms with Gasteiger partial charge in [-0.05, 0) is 12.5 Å². The van der Waals surface area contributed by atoms with Crippen LogP contribution >= 0.6 is 0 Å². The number of furan rings is 1. The molecule has 8 nitrogen and oxygen atoms in total. The smallest absolute Gasteiger partial charge is 0.262 e. The van der Waals surface area contributed by atoms with Gasteiger partial charge < -0.3 is 13.9 Å². The van der Waals surface area contributed by atoms with Crippen LogP contribution in [0.3, 0.4) is 0 Å². The number of aromatic nitrogens is 2. The van der Waals surface area contributed by atoms with Crippen LogP contribution < -0.4 is 0 Å². The summed E-state index contributed by atoms with van der Waals surface area (Å²) in [6, 6.07) is 1.61. The van der Waals surface area contributed by atoms with E-state index >= 15 is 0 Å². The summed E-state index contributed by atoms with van der Waals surface area (Å²) in [5.74, 6) is -0.143. The van der Waals surface area contributed by atoms with Gasteiger partial charge in [-0.25, -0.2) is 13.4 Å². The van der Waals surface area contributed by atoms with Gasteiger partial charge >= 0.3 is 0 Å². The molecule has 1 saturated heterocycles. The van der Waals surface area contributed by atoms with E-state index in [2.05, 4.69) is 4.98 Å². The van der Waals surface area contributed by atoms with Crippen LogP contribution in [0.2, 0.25) is 0 Å². The highest BCUT2D eigenvalue weighted by Crippen LogP contribution is 2.17. The topological polar surface area (TPSA) is 88.7 Å². The molecule has 2 aromatic heterocycles. The van der Waals surface area contributed by atoms with Gasteiger partial charge in [0.2, 0.25) is 0 Å². The van der Waals surface area contributed by atoms with E-state index in [1.54, 1.807) is 22.6 Å². The number of carbonyl (C=O) groups excluding carboxylic acids is 1. The van der Waals surface area contributed by atoms with Crippen LogP contribution in [0.25, 0.3) is 0 Å². The van der Waals surface area contributed by atoms with Crippen LogP contribution in [0.5, 0.6) is 0 Å². The van der Waals surface area contributed by atoms with Crippen molar-refractivity contribution in [3.05, 3.63) is 36.7 Å². The molecule has 0 N–H and O–H groups in total. The molecule has 1 aliphatic heterocycles. The van der Waals surface area contributed by atoms with Gasteiger partial charge in [-0.15, -0.1) is 0 Å². The first-order chi connectivity index (χ1) is 11.0. The van der Waals surface area contributed by atoms with Crippen molar-refractivity contribution in [1.29, 1.82) is 0 Å². The van der Waals surface area contributed by atoms with E-state index in [-0.39, 0.29) is 17.5 Å². The van der Waals surface area contributed by atoms with Crippen molar-refractivity contribution in [2.24, 2.45) is 7.05 Å². The number of aryl methyl sites for hydroxylation is 1. The third-order valence-corrected chi connectivity index (χ3v) is 5.58. The lowest BCUT2D eigenvalue weighted by atomic mass is 10.3. The molecule has 0 spiro atoms. The summed E-state index contributed by atoms with van der Waals surface area (Å²) >= 11 is 0. The zero-order valence-electron chi connectivity index (χ0n) is 12.8. The zero-order valence-corrected chi connectivity index (χ0v) is 13.6. The fourth-order valence-corrected chi connectivity index (χ4v) is 4.00. The molecule has 3 heterocycles. The van der Waals surface area contributed by atoms with Crippen LogP contribution in [-0.4, -0.2) is 59.3 Å². The minimum atomic E-state index is -3.62. The molecule has 23 heavy (non-hydrogen) atoms. The quantitative estimate of drug-likeness (QED) is 0.815. The molecule has 124 valence electrons. The Hall–Kier alpha value is -2.13. The summed E-state index contributed by atoms with van der Waals surface area (Å²) in [5, 5.41) is 0.0367. The summed E-state index contributed by atoms with van der Waals surface area (Å²) in [6.07, 6.45) is 6.36. The number of amides is 1. The molecule has 0 unspecified atom stereocenters. The lowest BCUT2D eigenvalue weighted by Gasteiger charge is -2.20. The summed E-state index contributed by atoms with van der Waals surface area (Å²) in [6.45, 7) is 1.48. The molecule has 1 aliphatic rings. The Morgan fingerprint density at radius 2 is 2.09 bits per heavy atom.